The topological polar surface area (TPSA) is 109 Å². The van der Waals surface area contributed by atoms with Gasteiger partial charge in [0.2, 0.25) is 0 Å². The minimum absolute atomic E-state index is 0.0898. The van der Waals surface area contributed by atoms with E-state index in [0.717, 1.165) is 0 Å². The number of aliphatic hydroxyl groups excluding tert-OH is 1. The molecule has 1 N–H and O–H groups in total. The van der Waals surface area contributed by atoms with Gasteiger partial charge >= 0.3 is 0 Å². The predicted molar refractivity (Wildman–Crippen MR) is 128 cm³/mol. The van der Waals surface area contributed by atoms with Crippen LogP contribution in [0.5, 0.6) is 17.2 Å². The normalized spacial score (nSPS) is 16.6. The Bertz CT molecular complexity index is 1350. The Hall–Kier alpha value is -4.77. The Morgan fingerprint density at radius 1 is 0.886 bits per heavy atom. The number of Topliss-reactive ketones (excluding diaryl/α,β-unsaturated/α-hetero) is 1. The van der Waals surface area contributed by atoms with Crippen LogP contribution in [0.15, 0.2) is 72.3 Å². The first kappa shape index (κ1) is 23.4. The van der Waals surface area contributed by atoms with Crippen molar-refractivity contribution in [2.75, 3.05) is 26.2 Å². The van der Waals surface area contributed by atoms with Crippen molar-refractivity contribution in [3.05, 3.63) is 89.0 Å². The summed E-state index contributed by atoms with van der Waals surface area (Å²) < 4.78 is 15.9. The molecule has 1 aliphatic heterocycles. The van der Waals surface area contributed by atoms with Gasteiger partial charge in [-0.25, -0.2) is 0 Å². The van der Waals surface area contributed by atoms with Crippen molar-refractivity contribution < 1.29 is 28.9 Å². The van der Waals surface area contributed by atoms with E-state index < -0.39 is 17.7 Å². The maximum atomic E-state index is 13.3. The summed E-state index contributed by atoms with van der Waals surface area (Å²) in [5.74, 6) is -0.640. The number of ketones is 1. The molecule has 1 fully saturated rings. The molecule has 3 aromatic rings. The van der Waals surface area contributed by atoms with Gasteiger partial charge in [0, 0.05) is 11.8 Å². The van der Waals surface area contributed by atoms with E-state index in [1.165, 1.54) is 26.2 Å². The Morgan fingerprint density at radius 2 is 1.51 bits per heavy atom. The minimum Gasteiger partial charge on any atom is -0.507 e. The van der Waals surface area contributed by atoms with Crippen LogP contribution in [-0.4, -0.2) is 38.1 Å². The van der Waals surface area contributed by atoms with Gasteiger partial charge in [0.1, 0.15) is 23.0 Å². The predicted octanol–water partition coefficient (Wildman–Crippen LogP) is 4.21. The van der Waals surface area contributed by atoms with Gasteiger partial charge in [0.25, 0.3) is 11.7 Å². The van der Waals surface area contributed by atoms with E-state index in [-0.39, 0.29) is 22.6 Å². The number of rotatable bonds is 6. The Labute approximate surface area is 202 Å². The van der Waals surface area contributed by atoms with Crippen molar-refractivity contribution in [2.45, 2.75) is 6.04 Å². The van der Waals surface area contributed by atoms with Gasteiger partial charge in [-0.1, -0.05) is 12.1 Å². The number of carbonyl (C=O) groups excluding carboxylic acids is 2. The second kappa shape index (κ2) is 9.61. The lowest BCUT2D eigenvalue weighted by molar-refractivity contribution is -0.132. The molecular formula is C27H22N2O6. The third-order valence-electron chi connectivity index (χ3n) is 5.81. The van der Waals surface area contributed by atoms with Gasteiger partial charge in [-0.15, -0.1) is 0 Å². The van der Waals surface area contributed by atoms with E-state index >= 15 is 0 Å². The number of hydrogen-bond acceptors (Lipinski definition) is 7. The quantitative estimate of drug-likeness (QED) is 0.326. The standard InChI is InChI=1S/C27H22N2O6/c1-33-19-10-6-17(7-11-19)24-23(25(30)21-13-12-20(34-2)14-22(21)35-3)26(31)27(32)29(24)18-8-4-16(15-28)5-9-18/h4-14,24,30H,1-3H3/b25-23-. The summed E-state index contributed by atoms with van der Waals surface area (Å²) in [6, 6.07) is 19.0. The lowest BCUT2D eigenvalue weighted by Crippen LogP contribution is -2.29. The molecule has 4 rings (SSSR count). The zero-order valence-corrected chi connectivity index (χ0v) is 19.3. The number of aliphatic hydroxyl groups is 1. The number of methoxy groups -OCH3 is 3. The molecule has 35 heavy (non-hydrogen) atoms. The maximum absolute atomic E-state index is 13.3. The molecule has 1 unspecified atom stereocenters. The summed E-state index contributed by atoms with van der Waals surface area (Å²) in [6.45, 7) is 0. The number of carbonyl (C=O) groups is 2. The molecule has 1 atom stereocenters. The highest BCUT2D eigenvalue weighted by Gasteiger charge is 2.47. The van der Waals surface area contributed by atoms with Crippen molar-refractivity contribution in [3.63, 3.8) is 0 Å². The summed E-state index contributed by atoms with van der Waals surface area (Å²) in [7, 11) is 4.47. The highest BCUT2D eigenvalue weighted by Crippen LogP contribution is 2.44. The number of hydrogen-bond donors (Lipinski definition) is 1. The van der Waals surface area contributed by atoms with Crippen LogP contribution in [0.1, 0.15) is 22.7 Å². The van der Waals surface area contributed by atoms with E-state index in [4.69, 9.17) is 19.5 Å². The third kappa shape index (κ3) is 4.15. The molecule has 1 aliphatic rings. The van der Waals surface area contributed by atoms with Crippen molar-refractivity contribution >= 4 is 23.1 Å². The molecule has 0 radical (unpaired) electrons. The molecule has 0 aliphatic carbocycles. The summed E-state index contributed by atoms with van der Waals surface area (Å²) in [5, 5.41) is 20.5. The number of nitrogens with zero attached hydrogens (tertiary/aromatic N) is 2. The molecule has 8 nitrogen and oxygen atoms in total. The SMILES string of the molecule is COc1ccc(C2/C(=C(/O)c3ccc(OC)cc3OC)C(=O)C(=O)N2c2ccc(C#N)cc2)cc1. The van der Waals surface area contributed by atoms with Crippen molar-refractivity contribution in [3.8, 4) is 23.3 Å². The monoisotopic (exact) mass is 470 g/mol. The van der Waals surface area contributed by atoms with Gasteiger partial charge in [-0.05, 0) is 54.1 Å². The summed E-state index contributed by atoms with van der Waals surface area (Å²) in [6.07, 6.45) is 0. The van der Waals surface area contributed by atoms with Crippen LogP contribution in [0.25, 0.3) is 5.76 Å². The molecule has 8 heteroatoms. The third-order valence-corrected chi connectivity index (χ3v) is 5.81. The molecule has 1 saturated heterocycles. The molecule has 0 spiro atoms. The highest BCUT2D eigenvalue weighted by atomic mass is 16.5. The number of amides is 1. The Morgan fingerprint density at radius 3 is 2.09 bits per heavy atom. The smallest absolute Gasteiger partial charge is 0.300 e. The molecule has 0 aromatic heterocycles. The maximum Gasteiger partial charge on any atom is 0.300 e. The molecule has 0 saturated carbocycles. The first-order chi connectivity index (χ1) is 16.9. The first-order valence-electron chi connectivity index (χ1n) is 10.6. The fraction of sp³-hybridized carbons (Fsp3) is 0.148. The van der Waals surface area contributed by atoms with Crippen molar-refractivity contribution in [1.29, 1.82) is 5.26 Å². The van der Waals surface area contributed by atoms with E-state index in [0.29, 0.717) is 28.3 Å². The van der Waals surface area contributed by atoms with Gasteiger partial charge in [-0.2, -0.15) is 5.26 Å². The van der Waals surface area contributed by atoms with Gasteiger partial charge in [0.05, 0.1) is 50.1 Å². The molecule has 3 aromatic carbocycles. The van der Waals surface area contributed by atoms with Gasteiger partial charge < -0.3 is 19.3 Å². The van der Waals surface area contributed by atoms with Crippen LogP contribution in [0, 0.1) is 11.3 Å². The minimum atomic E-state index is -0.930. The van der Waals surface area contributed by atoms with Crippen LogP contribution in [0.2, 0.25) is 0 Å². The van der Waals surface area contributed by atoms with Crippen LogP contribution in [-0.2, 0) is 9.59 Å². The summed E-state index contributed by atoms with van der Waals surface area (Å²) >= 11 is 0. The van der Waals surface area contributed by atoms with Gasteiger partial charge in [0.15, 0.2) is 0 Å². The fourth-order valence-corrected chi connectivity index (χ4v) is 4.04. The number of benzene rings is 3. The lowest BCUT2D eigenvalue weighted by Gasteiger charge is -2.25. The zero-order chi connectivity index (χ0) is 25.1. The van der Waals surface area contributed by atoms with Gasteiger partial charge in [-0.3, -0.25) is 14.5 Å². The lowest BCUT2D eigenvalue weighted by atomic mass is 9.94. The van der Waals surface area contributed by atoms with Crippen molar-refractivity contribution in [2.24, 2.45) is 0 Å². The van der Waals surface area contributed by atoms with E-state index in [1.54, 1.807) is 66.7 Å². The fourth-order valence-electron chi connectivity index (χ4n) is 4.04. The first-order valence-corrected chi connectivity index (χ1v) is 10.6. The van der Waals surface area contributed by atoms with Crippen LogP contribution in [0.3, 0.4) is 0 Å². The van der Waals surface area contributed by atoms with E-state index in [1.807, 2.05) is 6.07 Å². The molecule has 0 bridgehead atoms. The number of anilines is 1. The van der Waals surface area contributed by atoms with E-state index in [9.17, 15) is 14.7 Å². The largest absolute Gasteiger partial charge is 0.507 e. The summed E-state index contributed by atoms with van der Waals surface area (Å²) in [5.41, 5.74) is 1.56. The highest BCUT2D eigenvalue weighted by molar-refractivity contribution is 6.51. The average molecular weight is 470 g/mol. The van der Waals surface area contributed by atoms with Crippen LogP contribution < -0.4 is 19.1 Å². The van der Waals surface area contributed by atoms with Crippen molar-refractivity contribution in [1.82, 2.24) is 0 Å². The van der Waals surface area contributed by atoms with Crippen LogP contribution >= 0.6 is 0 Å². The second-order valence-electron chi connectivity index (χ2n) is 7.67. The molecule has 1 heterocycles. The number of nitriles is 1. The molecule has 1 amide bonds. The summed E-state index contributed by atoms with van der Waals surface area (Å²) in [4.78, 5) is 27.9. The molecular weight excluding hydrogens is 448 g/mol. The average Bonchev–Trinajstić information content (AvgIpc) is 3.17. The Balaban J connectivity index is 1.94. The van der Waals surface area contributed by atoms with E-state index in [2.05, 4.69) is 0 Å². The molecule has 176 valence electrons. The number of ether oxygens (including phenoxy) is 3. The Kier molecular flexibility index (Phi) is 6.42. The second-order valence-corrected chi connectivity index (χ2v) is 7.67. The van der Waals surface area contributed by atoms with Crippen LogP contribution in [0.4, 0.5) is 5.69 Å². The zero-order valence-electron chi connectivity index (χ0n) is 19.3.